The molecule has 0 unspecified atom stereocenters. The molecule has 1 aliphatic rings. The van der Waals surface area contributed by atoms with Crippen LogP contribution in [0.1, 0.15) is 38.7 Å². The van der Waals surface area contributed by atoms with Gasteiger partial charge in [0, 0.05) is 32.6 Å². The number of carbonyl (C=O) groups excluding carboxylic acids is 4. The number of nitrogens with zero attached hydrogens (tertiary/aromatic N) is 2. The second-order valence-electron chi connectivity index (χ2n) is 8.05. The largest absolute Gasteiger partial charge is 0.370 e. The van der Waals surface area contributed by atoms with Gasteiger partial charge in [0.15, 0.2) is 0 Å². The molecule has 1 aliphatic heterocycles. The van der Waals surface area contributed by atoms with Crippen molar-refractivity contribution in [1.82, 2.24) is 15.1 Å². The zero-order chi connectivity index (χ0) is 23.0. The highest BCUT2D eigenvalue weighted by molar-refractivity contribution is 5.93. The van der Waals surface area contributed by atoms with Crippen molar-refractivity contribution in [2.45, 2.75) is 57.7 Å². The Hall–Kier alpha value is -2.94. The molecule has 1 aromatic rings. The Labute approximate surface area is 183 Å². The molecule has 1 fully saturated rings. The van der Waals surface area contributed by atoms with E-state index < -0.39 is 23.9 Å². The van der Waals surface area contributed by atoms with Crippen LogP contribution in [0.3, 0.4) is 0 Å². The van der Waals surface area contributed by atoms with Crippen LogP contribution < -0.4 is 16.8 Å². The Morgan fingerprint density at radius 1 is 1.23 bits per heavy atom. The van der Waals surface area contributed by atoms with Gasteiger partial charge in [-0.3, -0.25) is 19.2 Å². The standard InChI is InChI=1S/C22H33N5O4/c1-15(23)21(30)25-19(13-20(24)29)22(31)27-11-6-9-18(27)14-26(16(2)28)12-10-17-7-4-3-5-8-17/h3-5,7-8,15,18-19H,6,9-14,23H2,1-2H3,(H2,24,29)(H,25,30)/t15-,18-,19-/m0/s1. The third-order valence-corrected chi connectivity index (χ3v) is 5.48. The lowest BCUT2D eigenvalue weighted by molar-refractivity contribution is -0.140. The molecule has 0 aliphatic carbocycles. The first-order chi connectivity index (χ1) is 14.7. The summed E-state index contributed by atoms with van der Waals surface area (Å²) in [6.45, 7) is 4.46. The maximum atomic E-state index is 13.1. The predicted molar refractivity (Wildman–Crippen MR) is 117 cm³/mol. The molecule has 9 heteroatoms. The van der Waals surface area contributed by atoms with Crippen molar-refractivity contribution in [3.05, 3.63) is 35.9 Å². The summed E-state index contributed by atoms with van der Waals surface area (Å²) >= 11 is 0. The summed E-state index contributed by atoms with van der Waals surface area (Å²) in [5.74, 6) is -1.65. The van der Waals surface area contributed by atoms with E-state index >= 15 is 0 Å². The maximum absolute atomic E-state index is 13.1. The molecule has 0 radical (unpaired) electrons. The number of likely N-dealkylation sites (tertiary alicyclic amines) is 1. The van der Waals surface area contributed by atoms with E-state index in [2.05, 4.69) is 5.32 Å². The maximum Gasteiger partial charge on any atom is 0.245 e. The van der Waals surface area contributed by atoms with E-state index in [1.54, 1.807) is 9.80 Å². The normalized spacial score (nSPS) is 17.6. The molecule has 0 bridgehead atoms. The number of hydrogen-bond acceptors (Lipinski definition) is 5. The van der Waals surface area contributed by atoms with Crippen molar-refractivity contribution in [1.29, 1.82) is 0 Å². The van der Waals surface area contributed by atoms with Gasteiger partial charge in [-0.05, 0) is 31.7 Å². The Balaban J connectivity index is 2.06. The molecule has 3 atom stereocenters. The first kappa shape index (κ1) is 24.3. The predicted octanol–water partition coefficient (Wildman–Crippen LogP) is -0.224. The number of nitrogens with one attached hydrogen (secondary N) is 1. The van der Waals surface area contributed by atoms with Crippen LogP contribution in [0.2, 0.25) is 0 Å². The lowest BCUT2D eigenvalue weighted by atomic mass is 10.1. The summed E-state index contributed by atoms with van der Waals surface area (Å²) < 4.78 is 0. The van der Waals surface area contributed by atoms with E-state index in [-0.39, 0.29) is 24.3 Å². The fourth-order valence-corrected chi connectivity index (χ4v) is 3.76. The molecular formula is C22H33N5O4. The minimum atomic E-state index is -1.06. The van der Waals surface area contributed by atoms with Gasteiger partial charge in [-0.1, -0.05) is 30.3 Å². The minimum absolute atomic E-state index is 0.0609. The number of carbonyl (C=O) groups is 4. The van der Waals surface area contributed by atoms with Crippen LogP contribution in [0, 0.1) is 0 Å². The molecule has 1 heterocycles. The molecule has 5 N–H and O–H groups in total. The Morgan fingerprint density at radius 3 is 2.48 bits per heavy atom. The van der Waals surface area contributed by atoms with Gasteiger partial charge >= 0.3 is 0 Å². The van der Waals surface area contributed by atoms with Crippen LogP contribution in [0.15, 0.2) is 30.3 Å². The van der Waals surface area contributed by atoms with E-state index in [1.165, 1.54) is 13.8 Å². The zero-order valence-corrected chi connectivity index (χ0v) is 18.3. The average molecular weight is 432 g/mol. The van der Waals surface area contributed by atoms with E-state index in [1.807, 2.05) is 30.3 Å². The molecule has 0 spiro atoms. The summed E-state index contributed by atoms with van der Waals surface area (Å²) in [7, 11) is 0. The lowest BCUT2D eigenvalue weighted by Gasteiger charge is -2.33. The number of benzene rings is 1. The SMILES string of the molecule is CC(=O)N(CCc1ccccc1)C[C@@H]1CCCN1C(=O)[C@H](CC(N)=O)NC(=O)[C@H](C)N. The third kappa shape index (κ3) is 7.36. The van der Waals surface area contributed by atoms with Crippen molar-refractivity contribution in [3.8, 4) is 0 Å². The van der Waals surface area contributed by atoms with Crippen molar-refractivity contribution < 1.29 is 19.2 Å². The molecule has 170 valence electrons. The smallest absolute Gasteiger partial charge is 0.245 e. The van der Waals surface area contributed by atoms with E-state index in [0.717, 1.165) is 24.8 Å². The Kier molecular flexibility index (Phi) is 8.99. The Morgan fingerprint density at radius 2 is 1.90 bits per heavy atom. The number of hydrogen-bond donors (Lipinski definition) is 3. The fourth-order valence-electron chi connectivity index (χ4n) is 3.76. The molecule has 0 aromatic heterocycles. The highest BCUT2D eigenvalue weighted by Crippen LogP contribution is 2.20. The number of rotatable bonds is 10. The van der Waals surface area contributed by atoms with Gasteiger partial charge < -0.3 is 26.6 Å². The minimum Gasteiger partial charge on any atom is -0.370 e. The van der Waals surface area contributed by atoms with Crippen LogP contribution in [0.25, 0.3) is 0 Å². The summed E-state index contributed by atoms with van der Waals surface area (Å²) in [6, 6.07) is 7.82. The Bertz CT molecular complexity index is 783. The van der Waals surface area contributed by atoms with Crippen molar-refractivity contribution in [2.75, 3.05) is 19.6 Å². The highest BCUT2D eigenvalue weighted by Gasteiger charge is 2.36. The van der Waals surface area contributed by atoms with Gasteiger partial charge in [-0.25, -0.2) is 0 Å². The van der Waals surface area contributed by atoms with Crippen LogP contribution in [-0.2, 0) is 25.6 Å². The van der Waals surface area contributed by atoms with Crippen LogP contribution in [-0.4, -0.2) is 71.2 Å². The number of nitrogens with two attached hydrogens (primary N) is 2. The monoisotopic (exact) mass is 431 g/mol. The highest BCUT2D eigenvalue weighted by atomic mass is 16.2. The lowest BCUT2D eigenvalue weighted by Crippen LogP contribution is -2.55. The van der Waals surface area contributed by atoms with Gasteiger partial charge in [0.25, 0.3) is 0 Å². The molecule has 4 amide bonds. The first-order valence-electron chi connectivity index (χ1n) is 10.6. The summed E-state index contributed by atoms with van der Waals surface area (Å²) in [5, 5.41) is 2.53. The molecule has 9 nitrogen and oxygen atoms in total. The molecular weight excluding hydrogens is 398 g/mol. The fraction of sp³-hybridized carbons (Fsp3) is 0.545. The van der Waals surface area contributed by atoms with Gasteiger partial charge in [-0.15, -0.1) is 0 Å². The quantitative estimate of drug-likeness (QED) is 0.470. The van der Waals surface area contributed by atoms with Crippen LogP contribution in [0.5, 0.6) is 0 Å². The summed E-state index contributed by atoms with van der Waals surface area (Å²) in [6.07, 6.45) is 1.94. The zero-order valence-electron chi connectivity index (χ0n) is 18.3. The first-order valence-corrected chi connectivity index (χ1v) is 10.6. The number of primary amides is 1. The molecule has 31 heavy (non-hydrogen) atoms. The van der Waals surface area contributed by atoms with Crippen molar-refractivity contribution in [2.24, 2.45) is 11.5 Å². The van der Waals surface area contributed by atoms with E-state index in [9.17, 15) is 19.2 Å². The second-order valence-corrected chi connectivity index (χ2v) is 8.05. The third-order valence-electron chi connectivity index (χ3n) is 5.48. The number of amides is 4. The molecule has 2 rings (SSSR count). The van der Waals surface area contributed by atoms with Gasteiger partial charge in [-0.2, -0.15) is 0 Å². The van der Waals surface area contributed by atoms with Crippen LogP contribution in [0.4, 0.5) is 0 Å². The van der Waals surface area contributed by atoms with Gasteiger partial charge in [0.05, 0.1) is 12.5 Å². The van der Waals surface area contributed by atoms with E-state index in [4.69, 9.17) is 11.5 Å². The molecule has 1 saturated heterocycles. The van der Waals surface area contributed by atoms with Crippen molar-refractivity contribution >= 4 is 23.6 Å². The summed E-state index contributed by atoms with van der Waals surface area (Å²) in [5.41, 5.74) is 12.0. The topological polar surface area (TPSA) is 139 Å². The van der Waals surface area contributed by atoms with E-state index in [0.29, 0.717) is 19.6 Å². The van der Waals surface area contributed by atoms with Crippen LogP contribution >= 0.6 is 0 Å². The molecule has 1 aromatic carbocycles. The summed E-state index contributed by atoms with van der Waals surface area (Å²) in [4.78, 5) is 52.2. The van der Waals surface area contributed by atoms with Crippen molar-refractivity contribution in [3.63, 3.8) is 0 Å². The average Bonchev–Trinajstić information content (AvgIpc) is 3.18. The van der Waals surface area contributed by atoms with Gasteiger partial charge in [0.2, 0.25) is 23.6 Å². The van der Waals surface area contributed by atoms with Gasteiger partial charge in [0.1, 0.15) is 6.04 Å². The second kappa shape index (κ2) is 11.5. The molecule has 0 saturated carbocycles.